The number of hydrogen-bond acceptors (Lipinski definition) is 8. The molecule has 0 atom stereocenters. The molecular formula is C19H19NO6S2. The highest BCUT2D eigenvalue weighted by Crippen LogP contribution is 2.23. The second-order valence-corrected chi connectivity index (χ2v) is 7.60. The van der Waals surface area contributed by atoms with E-state index < -0.39 is 17.5 Å². The number of carbonyl (C=O) groups is 3. The number of amides is 2. The van der Waals surface area contributed by atoms with Gasteiger partial charge in [0.15, 0.2) is 0 Å². The van der Waals surface area contributed by atoms with Gasteiger partial charge < -0.3 is 14.2 Å². The minimum atomic E-state index is -0.907. The van der Waals surface area contributed by atoms with E-state index in [2.05, 4.69) is 0 Å². The number of alkyl carbamates (subject to hydrolysis) is 2. The summed E-state index contributed by atoms with van der Waals surface area (Å²) in [6.07, 6.45) is -1.80. The first kappa shape index (κ1) is 21.6. The molecule has 2 amide bonds. The number of imide groups is 1. The Bertz CT molecular complexity index is 758. The first-order valence-electron chi connectivity index (χ1n) is 8.28. The van der Waals surface area contributed by atoms with Crippen LogP contribution in [0.5, 0.6) is 0 Å². The summed E-state index contributed by atoms with van der Waals surface area (Å²) in [4.78, 5) is 34.6. The molecule has 2 aromatic carbocycles. The fourth-order valence-corrected chi connectivity index (χ4v) is 3.20. The van der Waals surface area contributed by atoms with Crippen LogP contribution in [0.3, 0.4) is 0 Å². The topological polar surface area (TPSA) is 90.9 Å². The fraction of sp³-hybridized carbons (Fsp3) is 0.211. The van der Waals surface area contributed by atoms with E-state index in [4.69, 9.17) is 14.2 Å². The third kappa shape index (κ3) is 9.33. The van der Waals surface area contributed by atoms with Gasteiger partial charge in [-0.2, -0.15) is 0 Å². The first-order valence-corrected chi connectivity index (χ1v) is 10.6. The number of ether oxygens (including phenoxy) is 3. The van der Waals surface area contributed by atoms with Crippen molar-refractivity contribution in [1.82, 2.24) is 5.32 Å². The normalized spacial score (nSPS) is 10.0. The van der Waals surface area contributed by atoms with Gasteiger partial charge in [-0.05, 0) is 11.1 Å². The van der Waals surface area contributed by atoms with Crippen molar-refractivity contribution in [3.05, 3.63) is 71.8 Å². The molecule has 0 unspecified atom stereocenters. The van der Waals surface area contributed by atoms with E-state index in [9.17, 15) is 14.4 Å². The molecule has 0 aromatic heterocycles. The average Bonchev–Trinajstić information content (AvgIpc) is 2.72. The van der Waals surface area contributed by atoms with Crippen molar-refractivity contribution >= 4 is 39.1 Å². The van der Waals surface area contributed by atoms with Crippen LogP contribution < -0.4 is 5.32 Å². The number of rotatable bonds is 8. The van der Waals surface area contributed by atoms with E-state index in [0.29, 0.717) is 5.75 Å². The van der Waals surface area contributed by atoms with Gasteiger partial charge in [-0.25, -0.2) is 19.7 Å². The highest BCUT2D eigenvalue weighted by Gasteiger charge is 2.10. The van der Waals surface area contributed by atoms with E-state index in [1.807, 2.05) is 53.8 Å². The van der Waals surface area contributed by atoms with Crippen molar-refractivity contribution in [2.24, 2.45) is 0 Å². The second-order valence-electron chi connectivity index (χ2n) is 5.25. The van der Waals surface area contributed by atoms with Gasteiger partial charge in [-0.3, -0.25) is 0 Å². The van der Waals surface area contributed by atoms with E-state index >= 15 is 0 Å². The SMILES string of the molecule is O=C(NC(=O)OCc1ccccc1)OCCSSC(=O)OCc1ccccc1. The lowest BCUT2D eigenvalue weighted by Gasteiger charge is -2.07. The van der Waals surface area contributed by atoms with Gasteiger partial charge in [-0.15, -0.1) is 0 Å². The molecule has 0 spiro atoms. The minimum Gasteiger partial charge on any atom is -0.452 e. The van der Waals surface area contributed by atoms with Crippen molar-refractivity contribution in [1.29, 1.82) is 0 Å². The lowest BCUT2D eigenvalue weighted by atomic mass is 10.2. The third-order valence-corrected chi connectivity index (χ3v) is 5.11. The van der Waals surface area contributed by atoms with Crippen LogP contribution in [-0.4, -0.2) is 29.8 Å². The maximum Gasteiger partial charge on any atom is 0.416 e. The van der Waals surface area contributed by atoms with E-state index in [0.717, 1.165) is 21.9 Å². The number of carbonyl (C=O) groups excluding carboxylic acids is 3. The summed E-state index contributed by atoms with van der Waals surface area (Å²) < 4.78 is 14.8. The smallest absolute Gasteiger partial charge is 0.416 e. The Hall–Kier alpha value is -2.65. The third-order valence-electron chi connectivity index (χ3n) is 3.14. The van der Waals surface area contributed by atoms with Crippen LogP contribution in [0.25, 0.3) is 0 Å². The molecule has 2 rings (SSSR count). The van der Waals surface area contributed by atoms with Crippen molar-refractivity contribution < 1.29 is 28.6 Å². The Morgan fingerprint density at radius 3 is 1.89 bits per heavy atom. The molecule has 7 nitrogen and oxygen atoms in total. The molecule has 1 N–H and O–H groups in total. The zero-order chi connectivity index (χ0) is 20.0. The molecule has 0 saturated heterocycles. The molecule has 9 heteroatoms. The van der Waals surface area contributed by atoms with Gasteiger partial charge in [0.2, 0.25) is 0 Å². The molecule has 0 bridgehead atoms. The number of hydrogen-bond donors (Lipinski definition) is 1. The zero-order valence-corrected chi connectivity index (χ0v) is 16.5. The summed E-state index contributed by atoms with van der Waals surface area (Å²) in [7, 11) is 2.11. The molecule has 0 heterocycles. The van der Waals surface area contributed by atoms with E-state index in [1.165, 1.54) is 10.8 Å². The lowest BCUT2D eigenvalue weighted by Crippen LogP contribution is -2.31. The molecule has 0 fully saturated rings. The Morgan fingerprint density at radius 1 is 0.750 bits per heavy atom. The van der Waals surface area contributed by atoms with Gasteiger partial charge in [0.05, 0.1) is 0 Å². The van der Waals surface area contributed by atoms with Crippen LogP contribution in [0.2, 0.25) is 0 Å². The zero-order valence-electron chi connectivity index (χ0n) is 14.9. The lowest BCUT2D eigenvalue weighted by molar-refractivity contribution is 0.123. The number of nitrogens with one attached hydrogen (secondary N) is 1. The monoisotopic (exact) mass is 421 g/mol. The molecule has 0 radical (unpaired) electrons. The highest BCUT2D eigenvalue weighted by atomic mass is 33.1. The summed E-state index contributed by atoms with van der Waals surface area (Å²) in [6.45, 7) is 0.288. The van der Waals surface area contributed by atoms with Crippen molar-refractivity contribution in [2.45, 2.75) is 13.2 Å². The summed E-state index contributed by atoms with van der Waals surface area (Å²) in [5.74, 6) is 0.359. The molecule has 2 aromatic rings. The quantitative estimate of drug-likeness (QED) is 0.282. The maximum atomic E-state index is 11.6. The summed E-state index contributed by atoms with van der Waals surface area (Å²) in [6, 6.07) is 18.4. The second kappa shape index (κ2) is 12.7. The molecular weight excluding hydrogens is 402 g/mol. The van der Waals surface area contributed by atoms with Crippen LogP contribution in [0.1, 0.15) is 11.1 Å². The largest absolute Gasteiger partial charge is 0.452 e. The molecule has 0 aliphatic rings. The Morgan fingerprint density at radius 2 is 1.29 bits per heavy atom. The average molecular weight is 421 g/mol. The van der Waals surface area contributed by atoms with E-state index in [-0.39, 0.29) is 19.8 Å². The van der Waals surface area contributed by atoms with E-state index in [1.54, 1.807) is 12.1 Å². The minimum absolute atomic E-state index is 0.0292. The number of benzene rings is 2. The van der Waals surface area contributed by atoms with Gasteiger partial charge in [-0.1, -0.05) is 71.5 Å². The van der Waals surface area contributed by atoms with Gasteiger partial charge in [0, 0.05) is 16.5 Å². The summed E-state index contributed by atoms with van der Waals surface area (Å²) in [5, 5.41) is 1.53. The predicted octanol–water partition coefficient (Wildman–Crippen LogP) is 4.77. The molecule has 148 valence electrons. The Balaban J connectivity index is 1.48. The predicted molar refractivity (Wildman–Crippen MR) is 108 cm³/mol. The molecule has 0 aliphatic carbocycles. The van der Waals surface area contributed by atoms with Crippen LogP contribution in [0.15, 0.2) is 60.7 Å². The Kier molecular flexibility index (Phi) is 9.81. The molecule has 28 heavy (non-hydrogen) atoms. The van der Waals surface area contributed by atoms with Gasteiger partial charge in [0.25, 0.3) is 0 Å². The van der Waals surface area contributed by atoms with Crippen LogP contribution >= 0.6 is 21.6 Å². The van der Waals surface area contributed by atoms with Crippen LogP contribution in [0, 0.1) is 0 Å². The standard InChI is InChI=1S/C19H19NO6S2/c21-17(20-18(22)25-13-15-7-3-1-4-8-15)24-11-12-27-28-19(23)26-14-16-9-5-2-6-10-16/h1-10H,11-14H2,(H,20,21,22). The highest BCUT2D eigenvalue weighted by molar-refractivity contribution is 8.82. The van der Waals surface area contributed by atoms with Crippen molar-refractivity contribution in [3.63, 3.8) is 0 Å². The van der Waals surface area contributed by atoms with Crippen LogP contribution in [0.4, 0.5) is 14.4 Å². The maximum absolute atomic E-state index is 11.6. The fourth-order valence-electron chi connectivity index (χ4n) is 1.88. The van der Waals surface area contributed by atoms with Gasteiger partial charge in [0.1, 0.15) is 19.8 Å². The molecule has 0 saturated carbocycles. The van der Waals surface area contributed by atoms with Gasteiger partial charge >= 0.3 is 17.5 Å². The Labute approximate surface area is 170 Å². The van der Waals surface area contributed by atoms with Crippen molar-refractivity contribution in [3.8, 4) is 0 Å². The summed E-state index contributed by atoms with van der Waals surface area (Å²) in [5.41, 5.74) is 1.71. The molecule has 0 aliphatic heterocycles. The van der Waals surface area contributed by atoms with Crippen LogP contribution in [-0.2, 0) is 27.4 Å². The first-order chi connectivity index (χ1) is 13.6. The summed E-state index contributed by atoms with van der Waals surface area (Å²) >= 11 is 0. The van der Waals surface area contributed by atoms with Crippen molar-refractivity contribution in [2.75, 3.05) is 12.4 Å².